The number of methoxy groups -OCH3 is 1. The Morgan fingerprint density at radius 2 is 2.11 bits per heavy atom. The van der Waals surface area contributed by atoms with Crippen molar-refractivity contribution in [2.75, 3.05) is 7.11 Å². The monoisotopic (exact) mass is 279 g/mol. The van der Waals surface area contributed by atoms with E-state index >= 15 is 0 Å². The van der Waals surface area contributed by atoms with Gasteiger partial charge in [0, 0.05) is 13.2 Å². The van der Waals surface area contributed by atoms with Gasteiger partial charge in [-0.2, -0.15) is 0 Å². The van der Waals surface area contributed by atoms with Crippen LogP contribution in [-0.2, 0) is 18.0 Å². The molecule has 0 saturated carbocycles. The van der Waals surface area contributed by atoms with E-state index in [2.05, 4.69) is 4.98 Å². The largest absolute Gasteiger partial charge is 0.439 e. The number of aromatic nitrogens is 1. The molecule has 0 saturated heterocycles. The molecule has 0 unspecified atom stereocenters. The summed E-state index contributed by atoms with van der Waals surface area (Å²) in [4.78, 5) is 4.13. The van der Waals surface area contributed by atoms with E-state index in [0.717, 1.165) is 5.56 Å². The molecule has 1 aromatic heterocycles. The van der Waals surface area contributed by atoms with Gasteiger partial charge in [-0.25, -0.2) is 4.98 Å². The summed E-state index contributed by atoms with van der Waals surface area (Å²) in [5.41, 5.74) is 1.41. The highest BCUT2D eigenvalue weighted by atomic mass is 35.5. The Bertz CT molecular complexity index is 560. The van der Waals surface area contributed by atoms with Crippen LogP contribution in [0.2, 0.25) is 5.02 Å². The highest BCUT2D eigenvalue weighted by Gasteiger charge is 2.05. The highest BCUT2D eigenvalue weighted by Crippen LogP contribution is 2.24. The van der Waals surface area contributed by atoms with Gasteiger partial charge < -0.3 is 14.6 Å². The third-order valence-corrected chi connectivity index (χ3v) is 2.82. The quantitative estimate of drug-likeness (QED) is 0.913. The molecule has 0 amide bonds. The van der Waals surface area contributed by atoms with Crippen molar-refractivity contribution in [3.63, 3.8) is 0 Å². The summed E-state index contributed by atoms with van der Waals surface area (Å²) in [5, 5.41) is 9.52. The highest BCUT2D eigenvalue weighted by molar-refractivity contribution is 6.31. The third kappa shape index (κ3) is 3.67. The van der Waals surface area contributed by atoms with Gasteiger partial charge in [-0.3, -0.25) is 0 Å². The first-order valence-corrected chi connectivity index (χ1v) is 6.12. The molecule has 0 radical (unpaired) electrons. The number of hydrogen-bond donors (Lipinski definition) is 1. The average Bonchev–Trinajstić information content (AvgIpc) is 2.42. The maximum Gasteiger partial charge on any atom is 0.219 e. The number of nitrogens with zero attached hydrogens (tertiary/aromatic N) is 1. The summed E-state index contributed by atoms with van der Waals surface area (Å²) in [5.74, 6) is 1.05. The molecule has 100 valence electrons. The molecule has 1 aromatic carbocycles. The SMILES string of the molecule is COCc1cccc(Oc2ccc(Cl)c(CO)n2)c1. The Labute approximate surface area is 116 Å². The molecule has 0 spiro atoms. The van der Waals surface area contributed by atoms with Gasteiger partial charge in [-0.15, -0.1) is 0 Å². The number of hydrogen-bond acceptors (Lipinski definition) is 4. The summed E-state index contributed by atoms with van der Waals surface area (Å²) in [6, 6.07) is 10.8. The van der Waals surface area contributed by atoms with Gasteiger partial charge in [-0.1, -0.05) is 23.7 Å². The van der Waals surface area contributed by atoms with Crippen LogP contribution in [-0.4, -0.2) is 17.2 Å². The van der Waals surface area contributed by atoms with Crippen LogP contribution < -0.4 is 4.74 Å². The van der Waals surface area contributed by atoms with Gasteiger partial charge >= 0.3 is 0 Å². The van der Waals surface area contributed by atoms with E-state index in [1.54, 1.807) is 19.2 Å². The summed E-state index contributed by atoms with van der Waals surface area (Å²) in [6.07, 6.45) is 0. The van der Waals surface area contributed by atoms with E-state index in [1.807, 2.05) is 24.3 Å². The molecule has 0 aliphatic heterocycles. The number of aliphatic hydroxyl groups excluding tert-OH is 1. The smallest absolute Gasteiger partial charge is 0.219 e. The zero-order valence-electron chi connectivity index (χ0n) is 10.5. The summed E-state index contributed by atoms with van der Waals surface area (Å²) >= 11 is 5.87. The van der Waals surface area contributed by atoms with Crippen molar-refractivity contribution in [3.05, 3.63) is 52.7 Å². The standard InChI is InChI=1S/C14H14ClNO3/c1-18-9-10-3-2-4-11(7-10)19-14-6-5-12(15)13(8-17)16-14/h2-7,17H,8-9H2,1H3. The Morgan fingerprint density at radius 1 is 1.26 bits per heavy atom. The van der Waals surface area contributed by atoms with Crippen molar-refractivity contribution < 1.29 is 14.6 Å². The minimum atomic E-state index is -0.222. The van der Waals surface area contributed by atoms with Crippen LogP contribution in [0.4, 0.5) is 0 Å². The first-order valence-electron chi connectivity index (χ1n) is 5.75. The lowest BCUT2D eigenvalue weighted by Gasteiger charge is -2.08. The minimum Gasteiger partial charge on any atom is -0.439 e. The Balaban J connectivity index is 2.18. The van der Waals surface area contributed by atoms with E-state index in [1.165, 1.54) is 0 Å². The van der Waals surface area contributed by atoms with Crippen LogP contribution in [0.15, 0.2) is 36.4 Å². The second-order valence-corrected chi connectivity index (χ2v) is 4.33. The van der Waals surface area contributed by atoms with Crippen molar-refractivity contribution in [1.29, 1.82) is 0 Å². The van der Waals surface area contributed by atoms with Crippen molar-refractivity contribution in [2.24, 2.45) is 0 Å². The van der Waals surface area contributed by atoms with Crippen LogP contribution >= 0.6 is 11.6 Å². The number of rotatable bonds is 5. The summed E-state index contributed by atoms with van der Waals surface area (Å²) < 4.78 is 10.7. The number of aliphatic hydroxyl groups is 1. The minimum absolute atomic E-state index is 0.222. The van der Waals surface area contributed by atoms with Gasteiger partial charge in [0.2, 0.25) is 5.88 Å². The normalized spacial score (nSPS) is 10.5. The second-order valence-electron chi connectivity index (χ2n) is 3.92. The summed E-state index contributed by atoms with van der Waals surface area (Å²) in [6.45, 7) is 0.298. The molecule has 5 heteroatoms. The van der Waals surface area contributed by atoms with E-state index in [4.69, 9.17) is 26.2 Å². The Morgan fingerprint density at radius 3 is 2.84 bits per heavy atom. The van der Waals surface area contributed by atoms with Gasteiger partial charge in [0.25, 0.3) is 0 Å². The molecular weight excluding hydrogens is 266 g/mol. The molecule has 0 bridgehead atoms. The number of ether oxygens (including phenoxy) is 2. The molecule has 0 aliphatic rings. The fraction of sp³-hybridized carbons (Fsp3) is 0.214. The van der Waals surface area contributed by atoms with Crippen molar-refractivity contribution in [1.82, 2.24) is 4.98 Å². The lowest BCUT2D eigenvalue weighted by atomic mass is 10.2. The summed E-state index contributed by atoms with van der Waals surface area (Å²) in [7, 11) is 1.64. The number of pyridine rings is 1. The van der Waals surface area contributed by atoms with Crippen molar-refractivity contribution in [2.45, 2.75) is 13.2 Å². The van der Waals surface area contributed by atoms with Crippen LogP contribution in [0.5, 0.6) is 11.6 Å². The first kappa shape index (κ1) is 13.8. The van der Waals surface area contributed by atoms with E-state index in [-0.39, 0.29) is 6.61 Å². The predicted molar refractivity (Wildman–Crippen MR) is 72.4 cm³/mol. The van der Waals surface area contributed by atoms with Crippen LogP contribution in [0.1, 0.15) is 11.3 Å². The van der Waals surface area contributed by atoms with E-state index in [9.17, 15) is 0 Å². The molecule has 1 heterocycles. The zero-order valence-corrected chi connectivity index (χ0v) is 11.2. The van der Waals surface area contributed by atoms with Gasteiger partial charge in [0.15, 0.2) is 0 Å². The van der Waals surface area contributed by atoms with Crippen LogP contribution in [0.25, 0.3) is 0 Å². The van der Waals surface area contributed by atoms with Crippen molar-refractivity contribution >= 4 is 11.6 Å². The number of halogens is 1. The molecule has 2 rings (SSSR count). The van der Waals surface area contributed by atoms with Gasteiger partial charge in [0.05, 0.1) is 23.9 Å². The molecule has 1 N–H and O–H groups in total. The van der Waals surface area contributed by atoms with Gasteiger partial charge in [-0.05, 0) is 23.8 Å². The lowest BCUT2D eigenvalue weighted by Crippen LogP contribution is -1.95. The van der Waals surface area contributed by atoms with E-state index < -0.39 is 0 Å². The Kier molecular flexibility index (Phi) is 4.74. The van der Waals surface area contributed by atoms with Crippen molar-refractivity contribution in [3.8, 4) is 11.6 Å². The fourth-order valence-corrected chi connectivity index (χ4v) is 1.78. The van der Waals surface area contributed by atoms with Crippen LogP contribution in [0.3, 0.4) is 0 Å². The molecule has 0 atom stereocenters. The molecule has 19 heavy (non-hydrogen) atoms. The maximum atomic E-state index is 9.10. The predicted octanol–water partition coefficient (Wildman–Crippen LogP) is 3.17. The molecule has 0 aliphatic carbocycles. The Hall–Kier alpha value is -1.62. The fourth-order valence-electron chi connectivity index (χ4n) is 1.62. The molecule has 2 aromatic rings. The zero-order chi connectivity index (χ0) is 13.7. The first-order chi connectivity index (χ1) is 9.22. The average molecular weight is 280 g/mol. The third-order valence-electron chi connectivity index (χ3n) is 2.47. The number of benzene rings is 1. The van der Waals surface area contributed by atoms with E-state index in [0.29, 0.717) is 29.0 Å². The van der Waals surface area contributed by atoms with Gasteiger partial charge in [0.1, 0.15) is 5.75 Å². The molecular formula is C14H14ClNO3. The lowest BCUT2D eigenvalue weighted by molar-refractivity contribution is 0.184. The maximum absolute atomic E-state index is 9.10. The molecule has 0 fully saturated rings. The topological polar surface area (TPSA) is 51.6 Å². The molecule has 4 nitrogen and oxygen atoms in total. The second kappa shape index (κ2) is 6.52. The van der Waals surface area contributed by atoms with Crippen LogP contribution in [0, 0.1) is 0 Å².